The van der Waals surface area contributed by atoms with Crippen LogP contribution in [-0.2, 0) is 11.3 Å². The Hall–Kier alpha value is -2.34. The van der Waals surface area contributed by atoms with Gasteiger partial charge in [-0.2, -0.15) is 0 Å². The van der Waals surface area contributed by atoms with E-state index >= 15 is 0 Å². The van der Waals surface area contributed by atoms with Gasteiger partial charge in [-0.3, -0.25) is 9.59 Å². The summed E-state index contributed by atoms with van der Waals surface area (Å²) < 4.78 is 0. The van der Waals surface area contributed by atoms with Gasteiger partial charge in [0.1, 0.15) is 0 Å². The van der Waals surface area contributed by atoms with E-state index in [1.807, 2.05) is 37.7 Å². The van der Waals surface area contributed by atoms with Gasteiger partial charge in [0.05, 0.1) is 4.88 Å². The first-order valence-electron chi connectivity index (χ1n) is 12.0. The average molecular weight is 454 g/mol. The van der Waals surface area contributed by atoms with Crippen LogP contribution in [0.15, 0.2) is 35.7 Å². The van der Waals surface area contributed by atoms with Crippen molar-refractivity contribution in [3.05, 3.63) is 46.2 Å². The van der Waals surface area contributed by atoms with Gasteiger partial charge in [0.15, 0.2) is 0 Å². The maximum Gasteiger partial charge on any atom is 0.264 e. The summed E-state index contributed by atoms with van der Waals surface area (Å²) in [7, 11) is 4.06. The third-order valence-electron chi connectivity index (χ3n) is 6.90. The minimum absolute atomic E-state index is 0.122. The van der Waals surface area contributed by atoms with Crippen molar-refractivity contribution in [3.63, 3.8) is 0 Å². The summed E-state index contributed by atoms with van der Waals surface area (Å²) in [5, 5.41) is 5.11. The number of nitrogens with zero attached hydrogens (tertiary/aromatic N) is 2. The topological polar surface area (TPSA) is 52.7 Å². The average Bonchev–Trinajstić information content (AvgIpc) is 3.52. The molecule has 2 amide bonds. The standard InChI is InChI=1S/C26H35N3O2S/c1-28(2)23-15-14-21(27-25(30)19-9-6-7-10-19)17-20(23)18-29(22-11-4-3-5-12-22)26(31)24-13-8-16-32-24/h8,13-17,19,22H,3-7,9-12,18H2,1-2H3,(H,27,30). The minimum Gasteiger partial charge on any atom is -0.377 e. The van der Waals surface area contributed by atoms with Crippen LogP contribution in [0.2, 0.25) is 0 Å². The number of amides is 2. The highest BCUT2D eigenvalue weighted by Gasteiger charge is 2.28. The zero-order chi connectivity index (χ0) is 22.5. The third kappa shape index (κ3) is 5.34. The van der Waals surface area contributed by atoms with Crippen molar-refractivity contribution in [3.8, 4) is 0 Å². The molecule has 0 radical (unpaired) electrons. The zero-order valence-electron chi connectivity index (χ0n) is 19.3. The molecule has 0 bridgehead atoms. The van der Waals surface area contributed by atoms with Gasteiger partial charge in [0, 0.05) is 44.0 Å². The number of hydrogen-bond donors (Lipinski definition) is 1. The van der Waals surface area contributed by atoms with Crippen molar-refractivity contribution in [2.75, 3.05) is 24.3 Å². The highest BCUT2D eigenvalue weighted by Crippen LogP contribution is 2.31. The molecule has 1 N–H and O–H groups in total. The lowest BCUT2D eigenvalue weighted by Crippen LogP contribution is -2.41. The molecule has 1 aromatic heterocycles. The molecule has 4 rings (SSSR count). The molecule has 0 saturated heterocycles. The monoisotopic (exact) mass is 453 g/mol. The molecule has 0 aliphatic heterocycles. The SMILES string of the molecule is CN(C)c1ccc(NC(=O)C2CCCC2)cc1CN(C(=O)c1cccs1)C1CCCCC1. The lowest BCUT2D eigenvalue weighted by molar-refractivity contribution is -0.119. The van der Waals surface area contributed by atoms with Crippen LogP contribution in [0.25, 0.3) is 0 Å². The first kappa shape index (κ1) is 22.8. The quantitative estimate of drug-likeness (QED) is 0.566. The van der Waals surface area contributed by atoms with Gasteiger partial charge < -0.3 is 15.1 Å². The van der Waals surface area contributed by atoms with Gasteiger partial charge in [0.25, 0.3) is 5.91 Å². The lowest BCUT2D eigenvalue weighted by Gasteiger charge is -2.35. The Morgan fingerprint density at radius 2 is 1.72 bits per heavy atom. The van der Waals surface area contributed by atoms with Crippen LogP contribution in [0.5, 0.6) is 0 Å². The summed E-state index contributed by atoms with van der Waals surface area (Å²) in [6.45, 7) is 0.558. The Balaban J connectivity index is 1.60. The second-order valence-corrected chi connectivity index (χ2v) is 10.4. The smallest absolute Gasteiger partial charge is 0.264 e. The zero-order valence-corrected chi connectivity index (χ0v) is 20.1. The molecule has 0 spiro atoms. The summed E-state index contributed by atoms with van der Waals surface area (Å²) in [6, 6.07) is 10.3. The number of hydrogen-bond acceptors (Lipinski definition) is 4. The van der Waals surface area contributed by atoms with Gasteiger partial charge in [-0.15, -0.1) is 11.3 Å². The van der Waals surface area contributed by atoms with Crippen molar-refractivity contribution in [1.29, 1.82) is 0 Å². The second-order valence-electron chi connectivity index (χ2n) is 9.41. The van der Waals surface area contributed by atoms with E-state index in [2.05, 4.69) is 27.2 Å². The molecule has 0 atom stereocenters. The van der Waals surface area contributed by atoms with Crippen LogP contribution >= 0.6 is 11.3 Å². The molecule has 172 valence electrons. The van der Waals surface area contributed by atoms with Gasteiger partial charge in [-0.25, -0.2) is 0 Å². The lowest BCUT2D eigenvalue weighted by atomic mass is 9.93. The predicted molar refractivity (Wildman–Crippen MR) is 132 cm³/mol. The van der Waals surface area contributed by atoms with Gasteiger partial charge in [0.2, 0.25) is 5.91 Å². The molecule has 2 aliphatic rings. The van der Waals surface area contributed by atoms with E-state index in [1.165, 1.54) is 30.6 Å². The first-order valence-corrected chi connectivity index (χ1v) is 12.9. The Bertz CT molecular complexity index is 913. The fourth-order valence-electron chi connectivity index (χ4n) is 5.14. The largest absolute Gasteiger partial charge is 0.377 e. The summed E-state index contributed by atoms with van der Waals surface area (Å²) in [5.74, 6) is 0.382. The van der Waals surface area contributed by atoms with Gasteiger partial charge in [-0.05, 0) is 60.9 Å². The summed E-state index contributed by atoms with van der Waals surface area (Å²) in [6.07, 6.45) is 9.99. The Kier molecular flexibility index (Phi) is 7.51. The molecule has 32 heavy (non-hydrogen) atoms. The van der Waals surface area contributed by atoms with Crippen LogP contribution in [0.1, 0.15) is 73.0 Å². The fraction of sp³-hybridized carbons (Fsp3) is 0.538. The highest BCUT2D eigenvalue weighted by atomic mass is 32.1. The molecule has 5 nitrogen and oxygen atoms in total. The van der Waals surface area contributed by atoms with E-state index < -0.39 is 0 Å². The summed E-state index contributed by atoms with van der Waals surface area (Å²) in [5.41, 5.74) is 2.99. The molecule has 6 heteroatoms. The summed E-state index contributed by atoms with van der Waals surface area (Å²) in [4.78, 5) is 31.1. The molecule has 2 aliphatic carbocycles. The maximum atomic E-state index is 13.5. The number of benzene rings is 1. The van der Waals surface area contributed by atoms with Crippen LogP contribution in [-0.4, -0.2) is 36.9 Å². The third-order valence-corrected chi connectivity index (χ3v) is 7.76. The van der Waals surface area contributed by atoms with E-state index in [9.17, 15) is 9.59 Å². The van der Waals surface area contributed by atoms with Crippen molar-refractivity contribution in [1.82, 2.24) is 4.90 Å². The maximum absolute atomic E-state index is 13.5. The van der Waals surface area contributed by atoms with Gasteiger partial charge in [-0.1, -0.05) is 38.2 Å². The van der Waals surface area contributed by atoms with E-state index in [-0.39, 0.29) is 23.8 Å². The highest BCUT2D eigenvalue weighted by molar-refractivity contribution is 7.12. The first-order chi connectivity index (χ1) is 15.5. The number of nitrogens with one attached hydrogen (secondary N) is 1. The minimum atomic E-state index is 0.122. The van der Waals surface area contributed by atoms with Crippen molar-refractivity contribution in [2.24, 2.45) is 5.92 Å². The molecule has 0 unspecified atom stereocenters. The number of anilines is 2. The van der Waals surface area contributed by atoms with Crippen molar-refractivity contribution >= 4 is 34.5 Å². The van der Waals surface area contributed by atoms with Crippen molar-refractivity contribution in [2.45, 2.75) is 70.4 Å². The summed E-state index contributed by atoms with van der Waals surface area (Å²) >= 11 is 1.51. The predicted octanol–water partition coefficient (Wildman–Crippen LogP) is 5.92. The number of carbonyl (C=O) groups excluding carboxylic acids is 2. The number of thiophene rings is 1. The van der Waals surface area contributed by atoms with Crippen LogP contribution in [0.3, 0.4) is 0 Å². The molecule has 2 fully saturated rings. The van der Waals surface area contributed by atoms with Crippen LogP contribution in [0, 0.1) is 5.92 Å². The van der Waals surface area contributed by atoms with Crippen LogP contribution in [0.4, 0.5) is 11.4 Å². The molecular weight excluding hydrogens is 418 g/mol. The van der Waals surface area contributed by atoms with Crippen LogP contribution < -0.4 is 10.2 Å². The van der Waals surface area contributed by atoms with E-state index in [0.717, 1.165) is 60.3 Å². The Morgan fingerprint density at radius 1 is 1.00 bits per heavy atom. The molecule has 2 saturated carbocycles. The molecule has 1 aromatic carbocycles. The van der Waals surface area contributed by atoms with E-state index in [4.69, 9.17) is 0 Å². The van der Waals surface area contributed by atoms with E-state index in [1.54, 1.807) is 0 Å². The van der Waals surface area contributed by atoms with Crippen molar-refractivity contribution < 1.29 is 9.59 Å². The molecule has 2 aromatic rings. The Labute approximate surface area is 195 Å². The van der Waals surface area contributed by atoms with E-state index in [0.29, 0.717) is 6.54 Å². The fourth-order valence-corrected chi connectivity index (χ4v) is 5.82. The normalized spacial score (nSPS) is 17.3. The number of carbonyl (C=O) groups is 2. The Morgan fingerprint density at radius 3 is 2.38 bits per heavy atom. The van der Waals surface area contributed by atoms with Gasteiger partial charge >= 0.3 is 0 Å². The second kappa shape index (κ2) is 10.5. The number of rotatable bonds is 7. The molecule has 1 heterocycles. The molecular formula is C26H35N3O2S.